The van der Waals surface area contributed by atoms with Crippen molar-refractivity contribution in [2.24, 2.45) is 0 Å². The van der Waals surface area contributed by atoms with Gasteiger partial charge >= 0.3 is 0 Å². The molecule has 1 heterocycles. The molecule has 0 saturated heterocycles. The molecule has 19 heavy (non-hydrogen) atoms. The quantitative estimate of drug-likeness (QED) is 0.689. The Kier molecular flexibility index (Phi) is 3.62. The Balaban J connectivity index is 2.48. The van der Waals surface area contributed by atoms with E-state index < -0.39 is 4.92 Å². The van der Waals surface area contributed by atoms with Crippen LogP contribution in [0.25, 0.3) is 0 Å². The van der Waals surface area contributed by atoms with Crippen molar-refractivity contribution in [1.82, 2.24) is 10.2 Å². The number of nitrogens with one attached hydrogen (secondary N) is 1. The number of benzene rings is 1. The molecule has 0 fully saturated rings. The molecular weight excluding hydrogens is 270 g/mol. The van der Waals surface area contributed by atoms with E-state index in [1.54, 1.807) is 13.0 Å². The van der Waals surface area contributed by atoms with Gasteiger partial charge in [-0.3, -0.25) is 14.9 Å². The normalized spacial score (nSPS) is 10.4. The van der Waals surface area contributed by atoms with Crippen LogP contribution in [0.1, 0.15) is 16.8 Å². The van der Waals surface area contributed by atoms with Gasteiger partial charge in [0.05, 0.1) is 10.6 Å². The van der Waals surface area contributed by atoms with E-state index in [9.17, 15) is 14.9 Å². The van der Waals surface area contributed by atoms with Crippen molar-refractivity contribution in [2.75, 3.05) is 0 Å². The van der Waals surface area contributed by atoms with Gasteiger partial charge < -0.3 is 0 Å². The van der Waals surface area contributed by atoms with Gasteiger partial charge in [-0.05, 0) is 25.1 Å². The lowest BCUT2D eigenvalue weighted by Gasteiger charge is -2.04. The van der Waals surface area contributed by atoms with Crippen LogP contribution in [0, 0.1) is 17.0 Å². The Morgan fingerprint density at radius 3 is 2.79 bits per heavy atom. The summed E-state index contributed by atoms with van der Waals surface area (Å²) in [4.78, 5) is 22.1. The van der Waals surface area contributed by atoms with Crippen molar-refractivity contribution in [2.45, 2.75) is 13.3 Å². The minimum Gasteiger partial charge on any atom is -0.268 e. The monoisotopic (exact) mass is 279 g/mol. The highest BCUT2D eigenvalue weighted by atomic mass is 35.5. The standard InChI is InChI=1S/C12H10ClN3O3/c1-7-4-9(12(17)15-14-7)5-8-6-10(13)2-3-11(8)16(18)19/h2-4,6H,5H2,1H3,(H,15,17). The molecule has 2 aromatic rings. The smallest absolute Gasteiger partial charge is 0.268 e. The number of rotatable bonds is 3. The van der Waals surface area contributed by atoms with Crippen LogP contribution in [-0.4, -0.2) is 15.1 Å². The van der Waals surface area contributed by atoms with Crippen molar-refractivity contribution < 1.29 is 4.92 Å². The van der Waals surface area contributed by atoms with Crippen molar-refractivity contribution in [3.05, 3.63) is 66.6 Å². The summed E-state index contributed by atoms with van der Waals surface area (Å²) in [5, 5.41) is 17.4. The molecule has 0 spiro atoms. The highest BCUT2D eigenvalue weighted by Crippen LogP contribution is 2.24. The Morgan fingerprint density at radius 2 is 2.11 bits per heavy atom. The van der Waals surface area contributed by atoms with Gasteiger partial charge in [0.2, 0.25) is 0 Å². The van der Waals surface area contributed by atoms with Crippen molar-refractivity contribution >= 4 is 17.3 Å². The summed E-state index contributed by atoms with van der Waals surface area (Å²) in [6, 6.07) is 5.88. The van der Waals surface area contributed by atoms with E-state index in [1.807, 2.05) is 0 Å². The molecular formula is C12H10ClN3O3. The molecule has 0 aliphatic carbocycles. The number of nitro benzene ring substituents is 1. The highest BCUT2D eigenvalue weighted by molar-refractivity contribution is 6.30. The number of hydrogen-bond acceptors (Lipinski definition) is 4. The first kappa shape index (κ1) is 13.2. The third kappa shape index (κ3) is 2.97. The first-order valence-electron chi connectivity index (χ1n) is 5.45. The van der Waals surface area contributed by atoms with Gasteiger partial charge in [0.15, 0.2) is 0 Å². The average molecular weight is 280 g/mol. The number of aryl methyl sites for hydroxylation is 1. The van der Waals surface area contributed by atoms with Crippen molar-refractivity contribution in [3.8, 4) is 0 Å². The summed E-state index contributed by atoms with van der Waals surface area (Å²) >= 11 is 5.84. The predicted octanol–water partition coefficient (Wildman–Crippen LogP) is 2.23. The summed E-state index contributed by atoms with van der Waals surface area (Å²) in [5.41, 5.74) is 1.03. The molecule has 0 atom stereocenters. The van der Waals surface area contributed by atoms with E-state index in [4.69, 9.17) is 11.6 Å². The summed E-state index contributed by atoms with van der Waals surface area (Å²) in [5.74, 6) is 0. The van der Waals surface area contributed by atoms with E-state index in [2.05, 4.69) is 10.2 Å². The molecule has 0 saturated carbocycles. The number of aromatic nitrogens is 2. The molecule has 1 N–H and O–H groups in total. The second-order valence-corrected chi connectivity index (χ2v) is 4.51. The van der Waals surface area contributed by atoms with Crippen LogP contribution in [0.4, 0.5) is 5.69 Å². The minimum atomic E-state index is -0.492. The topological polar surface area (TPSA) is 88.9 Å². The molecule has 0 amide bonds. The lowest BCUT2D eigenvalue weighted by atomic mass is 10.0. The van der Waals surface area contributed by atoms with Gasteiger partial charge in [-0.1, -0.05) is 11.6 Å². The van der Waals surface area contributed by atoms with Crippen LogP contribution in [0.2, 0.25) is 5.02 Å². The average Bonchev–Trinajstić information content (AvgIpc) is 2.33. The van der Waals surface area contributed by atoms with Crippen LogP contribution >= 0.6 is 11.6 Å². The number of hydrogen-bond donors (Lipinski definition) is 1. The second kappa shape index (κ2) is 5.19. The number of H-pyrrole nitrogens is 1. The zero-order valence-electron chi connectivity index (χ0n) is 10.0. The molecule has 0 radical (unpaired) electrons. The number of aromatic amines is 1. The SMILES string of the molecule is Cc1cc(Cc2cc(Cl)ccc2[N+](=O)[O-])c(=O)[nH]n1. The van der Waals surface area contributed by atoms with Gasteiger partial charge in [-0.15, -0.1) is 0 Å². The fourth-order valence-corrected chi connectivity index (χ4v) is 1.97. The minimum absolute atomic E-state index is 0.0572. The molecule has 98 valence electrons. The van der Waals surface area contributed by atoms with Crippen LogP contribution in [-0.2, 0) is 6.42 Å². The lowest BCUT2D eigenvalue weighted by Crippen LogP contribution is -2.15. The Morgan fingerprint density at radius 1 is 1.37 bits per heavy atom. The fourth-order valence-electron chi connectivity index (χ4n) is 1.77. The Hall–Kier alpha value is -2.21. The van der Waals surface area contributed by atoms with Gasteiger partial charge in [0.1, 0.15) is 0 Å². The number of nitro groups is 1. The third-order valence-electron chi connectivity index (χ3n) is 2.63. The summed E-state index contributed by atoms with van der Waals surface area (Å²) in [6.07, 6.45) is 0.134. The third-order valence-corrected chi connectivity index (χ3v) is 2.86. The van der Waals surface area contributed by atoms with Crippen molar-refractivity contribution in [3.63, 3.8) is 0 Å². The van der Waals surface area contributed by atoms with Crippen LogP contribution in [0.3, 0.4) is 0 Å². The second-order valence-electron chi connectivity index (χ2n) is 4.07. The number of nitrogens with zero attached hydrogens (tertiary/aromatic N) is 2. The first-order valence-corrected chi connectivity index (χ1v) is 5.83. The summed E-state index contributed by atoms with van der Waals surface area (Å²) in [7, 11) is 0. The van der Waals surface area contributed by atoms with Gasteiger partial charge in [-0.2, -0.15) is 5.10 Å². The molecule has 2 rings (SSSR count). The molecule has 0 aliphatic rings. The van der Waals surface area contributed by atoms with Gasteiger partial charge in [-0.25, -0.2) is 5.10 Å². The Bertz CT molecular complexity index is 697. The maximum absolute atomic E-state index is 11.6. The summed E-state index contributed by atoms with van der Waals surface area (Å²) in [6.45, 7) is 1.73. The van der Waals surface area contributed by atoms with Crippen LogP contribution in [0.15, 0.2) is 29.1 Å². The Labute approximate surface area is 113 Å². The molecule has 0 unspecified atom stereocenters. The first-order chi connectivity index (χ1) is 8.97. The maximum atomic E-state index is 11.6. The lowest BCUT2D eigenvalue weighted by molar-refractivity contribution is -0.385. The zero-order chi connectivity index (χ0) is 14.0. The van der Waals surface area contributed by atoms with E-state index in [-0.39, 0.29) is 17.7 Å². The molecule has 1 aromatic heterocycles. The predicted molar refractivity (Wildman–Crippen MR) is 70.5 cm³/mol. The molecule has 6 nitrogen and oxygen atoms in total. The van der Waals surface area contributed by atoms with Crippen LogP contribution in [0.5, 0.6) is 0 Å². The van der Waals surface area contributed by atoms with Crippen molar-refractivity contribution in [1.29, 1.82) is 0 Å². The molecule has 0 bridgehead atoms. The maximum Gasteiger partial charge on any atom is 0.273 e. The van der Waals surface area contributed by atoms with E-state index in [0.29, 0.717) is 21.8 Å². The van der Waals surface area contributed by atoms with E-state index in [1.165, 1.54) is 18.2 Å². The largest absolute Gasteiger partial charge is 0.273 e. The summed E-state index contributed by atoms with van der Waals surface area (Å²) < 4.78 is 0. The fraction of sp³-hybridized carbons (Fsp3) is 0.167. The van der Waals surface area contributed by atoms with Gasteiger partial charge in [0.25, 0.3) is 11.2 Å². The van der Waals surface area contributed by atoms with E-state index >= 15 is 0 Å². The molecule has 0 aliphatic heterocycles. The van der Waals surface area contributed by atoms with Crippen LogP contribution < -0.4 is 5.56 Å². The zero-order valence-corrected chi connectivity index (χ0v) is 10.8. The van der Waals surface area contributed by atoms with E-state index in [0.717, 1.165) is 0 Å². The van der Waals surface area contributed by atoms with Gasteiger partial charge in [0, 0.05) is 28.6 Å². The molecule has 1 aromatic carbocycles. The highest BCUT2D eigenvalue weighted by Gasteiger charge is 2.15. The molecule has 7 heteroatoms. The number of halogens is 1.